The molecule has 0 saturated carbocycles. The number of carboxylic acids is 1. The molecule has 10 heteroatoms. The zero-order valence-corrected chi connectivity index (χ0v) is 11.5. The van der Waals surface area contributed by atoms with E-state index in [1.54, 1.807) is 0 Å². The van der Waals surface area contributed by atoms with Crippen molar-refractivity contribution in [2.75, 3.05) is 0 Å². The van der Waals surface area contributed by atoms with Crippen LogP contribution in [0, 0.1) is 11.8 Å². The number of aliphatic carboxylic acids is 1. The molecule has 0 aromatic carbocycles. The van der Waals surface area contributed by atoms with Crippen molar-refractivity contribution in [2.24, 2.45) is 11.8 Å². The second-order valence-corrected chi connectivity index (χ2v) is 4.76. The summed E-state index contributed by atoms with van der Waals surface area (Å²) < 4.78 is 79.4. The fraction of sp³-hybridized carbons (Fsp3) is 0.667. The maximum absolute atomic E-state index is 12.5. The number of esters is 1. The molecule has 0 spiro atoms. The Morgan fingerprint density at radius 1 is 1.05 bits per heavy atom. The molecule has 1 N–H and O–H groups in total. The van der Waals surface area contributed by atoms with Gasteiger partial charge in [-0.3, -0.25) is 0 Å². The van der Waals surface area contributed by atoms with E-state index >= 15 is 0 Å². The normalized spacial score (nSPS) is 14.6. The maximum atomic E-state index is 12.5. The van der Waals surface area contributed by atoms with Gasteiger partial charge in [0.2, 0.25) is 0 Å². The van der Waals surface area contributed by atoms with Crippen molar-refractivity contribution in [1.82, 2.24) is 0 Å². The summed E-state index contributed by atoms with van der Waals surface area (Å²) in [5.74, 6) is -7.30. The molecule has 0 rings (SSSR count). The van der Waals surface area contributed by atoms with Gasteiger partial charge in [-0.05, 0) is 5.92 Å². The number of hydrogen-bond acceptors (Lipinski definition) is 3. The molecule has 0 heterocycles. The van der Waals surface area contributed by atoms with Crippen LogP contribution in [0.1, 0.15) is 20.3 Å². The van der Waals surface area contributed by atoms with Crippen molar-refractivity contribution in [3.8, 4) is 0 Å². The Hall–Kier alpha value is -1.74. The number of halogens is 6. The Bertz CT molecular complexity index is 410. The summed E-state index contributed by atoms with van der Waals surface area (Å²) in [4.78, 5) is 21.4. The molecule has 4 nitrogen and oxygen atoms in total. The van der Waals surface area contributed by atoms with Gasteiger partial charge in [-0.15, -0.1) is 0 Å². The number of carboxylic acid groups (broad SMARTS) is 1. The summed E-state index contributed by atoms with van der Waals surface area (Å²) in [7, 11) is 0. The monoisotopic (exact) mass is 336 g/mol. The molecule has 0 amide bonds. The summed E-state index contributed by atoms with van der Waals surface area (Å²) in [5.41, 5.74) is 0. The highest BCUT2D eigenvalue weighted by atomic mass is 19.4. The molecular weight excluding hydrogens is 322 g/mol. The lowest BCUT2D eigenvalue weighted by Gasteiger charge is -2.28. The minimum Gasteiger partial charge on any atom is -0.478 e. The van der Waals surface area contributed by atoms with E-state index < -0.39 is 48.7 Å². The third kappa shape index (κ3) is 7.32. The van der Waals surface area contributed by atoms with E-state index in [-0.39, 0.29) is 0 Å². The molecular formula is C12H14F6O4. The first-order valence-electron chi connectivity index (χ1n) is 6.00. The molecule has 0 radical (unpaired) electrons. The lowest BCUT2D eigenvalue weighted by molar-refractivity contribution is -0.291. The predicted molar refractivity (Wildman–Crippen MR) is 61.7 cm³/mol. The lowest BCUT2D eigenvalue weighted by atomic mass is 9.93. The Morgan fingerprint density at radius 2 is 1.50 bits per heavy atom. The highest BCUT2D eigenvalue weighted by Gasteiger charge is 2.57. The Kier molecular flexibility index (Phi) is 6.91. The van der Waals surface area contributed by atoms with Gasteiger partial charge in [-0.1, -0.05) is 13.8 Å². The van der Waals surface area contributed by atoms with Crippen LogP contribution in [0.25, 0.3) is 0 Å². The zero-order valence-electron chi connectivity index (χ0n) is 11.5. The fourth-order valence-electron chi connectivity index (χ4n) is 1.47. The van der Waals surface area contributed by atoms with Crippen molar-refractivity contribution in [3.05, 3.63) is 12.2 Å². The molecule has 128 valence electrons. The first-order chi connectivity index (χ1) is 9.75. The topological polar surface area (TPSA) is 63.6 Å². The second kappa shape index (κ2) is 7.50. The van der Waals surface area contributed by atoms with Gasteiger partial charge < -0.3 is 9.84 Å². The van der Waals surface area contributed by atoms with E-state index in [1.807, 2.05) is 0 Å². The summed E-state index contributed by atoms with van der Waals surface area (Å²) in [6.45, 7) is 2.56. The number of hydrogen-bond donors (Lipinski definition) is 1. The van der Waals surface area contributed by atoms with Crippen molar-refractivity contribution < 1.29 is 45.8 Å². The van der Waals surface area contributed by atoms with Crippen LogP contribution < -0.4 is 0 Å². The van der Waals surface area contributed by atoms with Crippen molar-refractivity contribution >= 4 is 11.9 Å². The van der Waals surface area contributed by atoms with Crippen LogP contribution in [-0.2, 0) is 14.3 Å². The molecule has 0 bridgehead atoms. The van der Waals surface area contributed by atoms with Gasteiger partial charge in [0.25, 0.3) is 0 Å². The van der Waals surface area contributed by atoms with Crippen LogP contribution in [0.4, 0.5) is 26.3 Å². The number of rotatable bonds is 6. The standard InChI is InChI=1S/C12H14F6O4/c1-6(2)7(22-10(21)4-3-9(19)20)5-8(11(13,14)15)12(16,17)18/h3-4,6-8H,5H2,1-2H3,(H,19,20). The lowest BCUT2D eigenvalue weighted by Crippen LogP contribution is -2.41. The van der Waals surface area contributed by atoms with Gasteiger partial charge in [0.1, 0.15) is 6.10 Å². The zero-order chi connectivity index (χ0) is 17.7. The van der Waals surface area contributed by atoms with Gasteiger partial charge in [-0.25, -0.2) is 9.59 Å². The van der Waals surface area contributed by atoms with Gasteiger partial charge in [0, 0.05) is 18.6 Å². The van der Waals surface area contributed by atoms with Crippen LogP contribution in [0.5, 0.6) is 0 Å². The van der Waals surface area contributed by atoms with Crippen LogP contribution in [-0.4, -0.2) is 35.5 Å². The highest BCUT2D eigenvalue weighted by Crippen LogP contribution is 2.43. The molecule has 22 heavy (non-hydrogen) atoms. The second-order valence-electron chi connectivity index (χ2n) is 4.76. The number of alkyl halides is 6. The quantitative estimate of drug-likeness (QED) is 0.459. The van der Waals surface area contributed by atoms with Gasteiger partial charge in [0.05, 0.1) is 0 Å². The first kappa shape index (κ1) is 20.3. The Labute approximate surface area is 121 Å². The van der Waals surface area contributed by atoms with Crippen LogP contribution >= 0.6 is 0 Å². The van der Waals surface area contributed by atoms with Gasteiger partial charge in [0.15, 0.2) is 5.92 Å². The molecule has 0 saturated heterocycles. The maximum Gasteiger partial charge on any atom is 0.400 e. The Balaban J connectivity index is 5.11. The molecule has 0 fully saturated rings. The van der Waals surface area contributed by atoms with Crippen LogP contribution in [0.15, 0.2) is 12.2 Å². The number of carbonyl (C=O) groups is 2. The minimum absolute atomic E-state index is 0.366. The van der Waals surface area contributed by atoms with E-state index in [0.29, 0.717) is 12.2 Å². The third-order valence-electron chi connectivity index (χ3n) is 2.63. The van der Waals surface area contributed by atoms with E-state index in [0.717, 1.165) is 0 Å². The van der Waals surface area contributed by atoms with Crippen LogP contribution in [0.3, 0.4) is 0 Å². The minimum atomic E-state index is -5.53. The summed E-state index contributed by atoms with van der Waals surface area (Å²) in [6, 6.07) is 0. The largest absolute Gasteiger partial charge is 0.478 e. The molecule has 1 atom stereocenters. The van der Waals surface area contributed by atoms with Gasteiger partial charge in [-0.2, -0.15) is 26.3 Å². The SMILES string of the molecule is CC(C)C(CC(C(F)(F)F)C(F)(F)F)OC(=O)C=CC(=O)O. The van der Waals surface area contributed by atoms with Gasteiger partial charge >= 0.3 is 24.3 Å². The number of ether oxygens (including phenoxy) is 1. The third-order valence-corrected chi connectivity index (χ3v) is 2.63. The van der Waals surface area contributed by atoms with Crippen molar-refractivity contribution in [1.29, 1.82) is 0 Å². The van der Waals surface area contributed by atoms with E-state index in [4.69, 9.17) is 5.11 Å². The smallest absolute Gasteiger partial charge is 0.400 e. The molecule has 0 aromatic heterocycles. The van der Waals surface area contributed by atoms with E-state index in [9.17, 15) is 35.9 Å². The highest BCUT2D eigenvalue weighted by molar-refractivity contribution is 5.90. The van der Waals surface area contributed by atoms with E-state index in [1.165, 1.54) is 13.8 Å². The molecule has 0 aliphatic carbocycles. The first-order valence-corrected chi connectivity index (χ1v) is 6.00. The summed E-state index contributed by atoms with van der Waals surface area (Å²) in [6.07, 6.45) is -13.4. The van der Waals surface area contributed by atoms with Crippen LogP contribution in [0.2, 0.25) is 0 Å². The summed E-state index contributed by atoms with van der Waals surface area (Å²) in [5, 5.41) is 8.27. The molecule has 0 aromatic rings. The van der Waals surface area contributed by atoms with Crippen molar-refractivity contribution in [3.63, 3.8) is 0 Å². The predicted octanol–water partition coefficient (Wildman–Crippen LogP) is 3.33. The fourth-order valence-corrected chi connectivity index (χ4v) is 1.47. The van der Waals surface area contributed by atoms with Crippen molar-refractivity contribution in [2.45, 2.75) is 38.7 Å². The molecule has 0 aliphatic heterocycles. The molecule has 1 unspecified atom stereocenters. The molecule has 0 aliphatic rings. The van der Waals surface area contributed by atoms with E-state index in [2.05, 4.69) is 4.74 Å². The summed E-state index contributed by atoms with van der Waals surface area (Å²) >= 11 is 0. The number of carbonyl (C=O) groups excluding carboxylic acids is 1. The average Bonchev–Trinajstić information content (AvgIpc) is 2.27. The Morgan fingerprint density at radius 3 is 1.82 bits per heavy atom. The average molecular weight is 336 g/mol.